The number of hydrogen-bond donors (Lipinski definition) is 0. The zero-order valence-electron chi connectivity index (χ0n) is 11.4. The van der Waals surface area contributed by atoms with E-state index in [1.165, 1.54) is 18.2 Å². The Hall–Kier alpha value is -2.28. The fourth-order valence-electron chi connectivity index (χ4n) is 1.77. The van der Waals surface area contributed by atoms with Crippen LogP contribution < -0.4 is 4.74 Å². The first-order valence-electron chi connectivity index (χ1n) is 6.43. The first-order chi connectivity index (χ1) is 10.1. The summed E-state index contributed by atoms with van der Waals surface area (Å²) in [4.78, 5) is 25.6. The number of thiazole rings is 1. The predicted molar refractivity (Wildman–Crippen MR) is 78.9 cm³/mol. The summed E-state index contributed by atoms with van der Waals surface area (Å²) in [5.74, 6) is 0.0784. The Balaban J connectivity index is 2.13. The summed E-state index contributed by atoms with van der Waals surface area (Å²) in [6.07, 6.45) is 2.55. The van der Waals surface area contributed by atoms with E-state index in [-0.39, 0.29) is 18.0 Å². The number of hydrogen-bond acceptors (Lipinski definition) is 6. The third-order valence-corrected chi connectivity index (χ3v) is 3.71. The van der Waals surface area contributed by atoms with Gasteiger partial charge in [0.05, 0.1) is 15.6 Å². The molecular weight excluding hydrogens is 292 g/mol. The van der Waals surface area contributed by atoms with Crippen LogP contribution in [0.4, 0.5) is 5.69 Å². The number of aldehydes is 1. The molecule has 110 valence electrons. The van der Waals surface area contributed by atoms with E-state index in [9.17, 15) is 14.9 Å². The van der Waals surface area contributed by atoms with Gasteiger partial charge < -0.3 is 4.74 Å². The number of ether oxygens (including phenoxy) is 1. The van der Waals surface area contributed by atoms with Gasteiger partial charge in [0, 0.05) is 17.0 Å². The molecule has 1 aromatic carbocycles. The van der Waals surface area contributed by atoms with Gasteiger partial charge in [0.2, 0.25) is 0 Å². The summed E-state index contributed by atoms with van der Waals surface area (Å²) in [7, 11) is 0. The Bertz CT molecular complexity index is 654. The molecule has 6 nitrogen and oxygen atoms in total. The molecule has 7 heteroatoms. The molecule has 1 heterocycles. The summed E-state index contributed by atoms with van der Waals surface area (Å²) in [6, 6.07) is 4.02. The van der Waals surface area contributed by atoms with Crippen molar-refractivity contribution in [2.75, 3.05) is 0 Å². The fourth-order valence-corrected chi connectivity index (χ4v) is 2.65. The molecule has 0 aliphatic heterocycles. The van der Waals surface area contributed by atoms with E-state index in [1.54, 1.807) is 11.3 Å². The van der Waals surface area contributed by atoms with Crippen molar-refractivity contribution < 1.29 is 14.5 Å². The van der Waals surface area contributed by atoms with Gasteiger partial charge in [-0.15, -0.1) is 11.3 Å². The highest BCUT2D eigenvalue weighted by atomic mass is 32.1. The second-order valence-corrected chi connectivity index (χ2v) is 5.32. The number of nitrogens with zero attached hydrogens (tertiary/aromatic N) is 2. The van der Waals surface area contributed by atoms with Crippen LogP contribution in [0.25, 0.3) is 0 Å². The van der Waals surface area contributed by atoms with Crippen molar-refractivity contribution in [1.29, 1.82) is 0 Å². The largest absolute Gasteiger partial charge is 0.480 e. The molecule has 0 spiro atoms. The summed E-state index contributed by atoms with van der Waals surface area (Å²) >= 11 is 1.55. The molecular formula is C14H14N2O4S. The van der Waals surface area contributed by atoms with Gasteiger partial charge in [-0.25, -0.2) is 4.98 Å². The minimum atomic E-state index is -0.534. The third kappa shape index (κ3) is 3.85. The first kappa shape index (κ1) is 15.1. The van der Waals surface area contributed by atoms with Crippen LogP contribution >= 0.6 is 11.3 Å². The molecule has 0 fully saturated rings. The van der Waals surface area contributed by atoms with Crippen LogP contribution in [-0.2, 0) is 13.0 Å². The van der Waals surface area contributed by atoms with E-state index in [1.807, 2.05) is 5.38 Å². The van der Waals surface area contributed by atoms with Gasteiger partial charge in [0.25, 0.3) is 0 Å². The first-order valence-corrected chi connectivity index (χ1v) is 7.31. The lowest BCUT2D eigenvalue weighted by Gasteiger charge is -2.05. The highest BCUT2D eigenvalue weighted by molar-refractivity contribution is 7.09. The average Bonchev–Trinajstić information content (AvgIpc) is 2.92. The topological polar surface area (TPSA) is 82.3 Å². The van der Waals surface area contributed by atoms with E-state index >= 15 is 0 Å². The van der Waals surface area contributed by atoms with Crippen molar-refractivity contribution in [3.8, 4) is 5.75 Å². The lowest BCUT2D eigenvalue weighted by atomic mass is 10.2. The summed E-state index contributed by atoms with van der Waals surface area (Å²) in [6.45, 7) is 2.22. The van der Waals surface area contributed by atoms with Crippen LogP contribution in [0.2, 0.25) is 0 Å². The van der Waals surface area contributed by atoms with Crippen LogP contribution in [0.15, 0.2) is 23.6 Å². The molecule has 0 saturated heterocycles. The molecule has 0 aliphatic rings. The monoisotopic (exact) mass is 306 g/mol. The lowest BCUT2D eigenvalue weighted by molar-refractivity contribution is -0.385. The van der Waals surface area contributed by atoms with Crippen molar-refractivity contribution in [3.63, 3.8) is 0 Å². The van der Waals surface area contributed by atoms with Crippen molar-refractivity contribution in [3.05, 3.63) is 50.0 Å². The van der Waals surface area contributed by atoms with Crippen molar-refractivity contribution in [2.45, 2.75) is 26.4 Å². The Morgan fingerprint density at radius 2 is 2.29 bits per heavy atom. The van der Waals surface area contributed by atoms with Gasteiger partial charge in [0.1, 0.15) is 12.9 Å². The van der Waals surface area contributed by atoms with Crippen LogP contribution in [0, 0.1) is 10.1 Å². The Morgan fingerprint density at radius 1 is 1.48 bits per heavy atom. The molecule has 21 heavy (non-hydrogen) atoms. The quantitative estimate of drug-likeness (QED) is 0.445. The van der Waals surface area contributed by atoms with Crippen molar-refractivity contribution in [1.82, 2.24) is 4.98 Å². The number of aryl methyl sites for hydroxylation is 1. The Labute approximate surface area is 125 Å². The van der Waals surface area contributed by atoms with E-state index in [0.29, 0.717) is 11.8 Å². The van der Waals surface area contributed by atoms with Gasteiger partial charge in [-0.3, -0.25) is 14.9 Å². The van der Waals surface area contributed by atoms with E-state index < -0.39 is 4.92 Å². The van der Waals surface area contributed by atoms with Crippen molar-refractivity contribution in [2.24, 2.45) is 0 Å². The smallest absolute Gasteiger partial charge is 0.310 e. The SMILES string of the molecule is CCCc1nc(COc2cc(C=O)ccc2[N+](=O)[O-])cs1. The summed E-state index contributed by atoms with van der Waals surface area (Å²) in [5.41, 5.74) is 0.902. The van der Waals surface area contributed by atoms with E-state index in [4.69, 9.17) is 4.74 Å². The molecule has 1 aromatic heterocycles. The fraction of sp³-hybridized carbons (Fsp3) is 0.286. The summed E-state index contributed by atoms with van der Waals surface area (Å²) < 4.78 is 5.46. The van der Waals surface area contributed by atoms with Gasteiger partial charge in [-0.2, -0.15) is 0 Å². The van der Waals surface area contributed by atoms with Gasteiger partial charge in [-0.05, 0) is 25.0 Å². The molecule has 0 radical (unpaired) electrons. The number of rotatable bonds is 7. The molecule has 0 atom stereocenters. The van der Waals surface area contributed by atoms with E-state index in [2.05, 4.69) is 11.9 Å². The standard InChI is InChI=1S/C14H14N2O4S/c1-2-3-14-15-11(9-21-14)8-20-13-6-10(7-17)4-5-12(13)16(18)19/h4-7,9H,2-3,8H2,1H3. The minimum Gasteiger partial charge on any atom is -0.480 e. The normalized spacial score (nSPS) is 10.3. The second-order valence-electron chi connectivity index (χ2n) is 4.37. The third-order valence-electron chi connectivity index (χ3n) is 2.76. The maximum Gasteiger partial charge on any atom is 0.310 e. The molecule has 0 aliphatic carbocycles. The highest BCUT2D eigenvalue weighted by Gasteiger charge is 2.16. The number of aromatic nitrogens is 1. The van der Waals surface area contributed by atoms with Crippen LogP contribution in [0.1, 0.15) is 34.4 Å². The number of nitro benzene ring substituents is 1. The number of nitro groups is 1. The van der Waals surface area contributed by atoms with E-state index in [0.717, 1.165) is 23.5 Å². The maximum atomic E-state index is 10.9. The molecule has 0 unspecified atom stereocenters. The van der Waals surface area contributed by atoms with Gasteiger partial charge in [-0.1, -0.05) is 6.92 Å². The molecule has 2 rings (SSSR count). The molecule has 0 N–H and O–H groups in total. The Morgan fingerprint density at radius 3 is 2.95 bits per heavy atom. The van der Waals surface area contributed by atoms with Gasteiger partial charge in [0.15, 0.2) is 5.75 Å². The molecule has 2 aromatic rings. The minimum absolute atomic E-state index is 0.0784. The number of carbonyl (C=O) groups excluding carboxylic acids is 1. The van der Waals surface area contributed by atoms with Crippen LogP contribution in [0.3, 0.4) is 0 Å². The summed E-state index contributed by atoms with van der Waals surface area (Å²) in [5, 5.41) is 13.8. The predicted octanol–water partition coefficient (Wildman–Crippen LogP) is 3.40. The molecule has 0 amide bonds. The van der Waals surface area contributed by atoms with Crippen molar-refractivity contribution >= 4 is 23.3 Å². The zero-order valence-corrected chi connectivity index (χ0v) is 12.3. The average molecular weight is 306 g/mol. The second kappa shape index (κ2) is 6.94. The molecule has 0 saturated carbocycles. The number of benzene rings is 1. The molecule has 0 bridgehead atoms. The Kier molecular flexibility index (Phi) is 4.99. The highest BCUT2D eigenvalue weighted by Crippen LogP contribution is 2.28. The maximum absolute atomic E-state index is 10.9. The van der Waals surface area contributed by atoms with Gasteiger partial charge >= 0.3 is 5.69 Å². The van der Waals surface area contributed by atoms with Crippen LogP contribution in [-0.4, -0.2) is 16.2 Å². The lowest BCUT2D eigenvalue weighted by Crippen LogP contribution is -2.00. The van der Waals surface area contributed by atoms with Crippen LogP contribution in [0.5, 0.6) is 5.75 Å². The zero-order chi connectivity index (χ0) is 15.2. The number of carbonyl (C=O) groups is 1.